The smallest absolute Gasteiger partial charge is 0.127 e. The summed E-state index contributed by atoms with van der Waals surface area (Å²) in [6.45, 7) is 2.93. The van der Waals surface area contributed by atoms with E-state index in [0.717, 1.165) is 18.0 Å². The van der Waals surface area contributed by atoms with E-state index in [1.54, 1.807) is 14.2 Å². The van der Waals surface area contributed by atoms with E-state index in [2.05, 4.69) is 48.6 Å². The second kappa shape index (κ2) is 6.41. The van der Waals surface area contributed by atoms with Crippen LogP contribution in [0.2, 0.25) is 0 Å². The van der Waals surface area contributed by atoms with Crippen molar-refractivity contribution in [2.45, 2.75) is 31.8 Å². The summed E-state index contributed by atoms with van der Waals surface area (Å²) in [6.07, 6.45) is 1.21. The first kappa shape index (κ1) is 14.9. The summed E-state index contributed by atoms with van der Waals surface area (Å²) >= 11 is 0. The van der Waals surface area contributed by atoms with Crippen molar-refractivity contribution in [3.8, 4) is 11.5 Å². The number of methoxy groups -OCH3 is 2. The van der Waals surface area contributed by atoms with Gasteiger partial charge in [0, 0.05) is 30.1 Å². The van der Waals surface area contributed by atoms with E-state index in [1.807, 2.05) is 6.07 Å². The molecule has 22 heavy (non-hydrogen) atoms. The van der Waals surface area contributed by atoms with E-state index in [1.165, 1.54) is 23.1 Å². The Bertz CT molecular complexity index is 639. The van der Waals surface area contributed by atoms with Crippen LogP contribution in [-0.4, -0.2) is 20.3 Å². The molecule has 0 saturated heterocycles. The van der Waals surface area contributed by atoms with Crippen LogP contribution in [-0.2, 0) is 6.54 Å². The van der Waals surface area contributed by atoms with Crippen molar-refractivity contribution in [3.05, 3.63) is 59.2 Å². The summed E-state index contributed by atoms with van der Waals surface area (Å²) in [7, 11) is 3.39. The molecule has 0 heterocycles. The van der Waals surface area contributed by atoms with Gasteiger partial charge in [-0.05, 0) is 30.5 Å². The number of benzene rings is 2. The van der Waals surface area contributed by atoms with Gasteiger partial charge in [-0.15, -0.1) is 0 Å². The zero-order valence-electron chi connectivity index (χ0n) is 13.4. The van der Waals surface area contributed by atoms with Crippen LogP contribution in [0.25, 0.3) is 0 Å². The van der Waals surface area contributed by atoms with Crippen molar-refractivity contribution in [3.63, 3.8) is 0 Å². The van der Waals surface area contributed by atoms with Crippen LogP contribution in [0.1, 0.15) is 29.0 Å². The number of aryl methyl sites for hydroxylation is 1. The molecule has 1 saturated carbocycles. The molecule has 3 heteroatoms. The van der Waals surface area contributed by atoms with Crippen molar-refractivity contribution in [2.75, 3.05) is 14.2 Å². The summed E-state index contributed by atoms with van der Waals surface area (Å²) in [5.74, 6) is 2.37. The molecule has 0 aliphatic heterocycles. The van der Waals surface area contributed by atoms with Crippen LogP contribution in [0.5, 0.6) is 11.5 Å². The molecule has 2 aromatic carbocycles. The van der Waals surface area contributed by atoms with E-state index >= 15 is 0 Å². The summed E-state index contributed by atoms with van der Waals surface area (Å²) in [6, 6.07) is 15.3. The highest BCUT2D eigenvalue weighted by Gasteiger charge is 2.37. The van der Waals surface area contributed by atoms with E-state index in [4.69, 9.17) is 9.47 Å². The highest BCUT2D eigenvalue weighted by atomic mass is 16.5. The second-order valence-corrected chi connectivity index (χ2v) is 5.87. The quantitative estimate of drug-likeness (QED) is 0.882. The molecule has 0 amide bonds. The first-order valence-electron chi connectivity index (χ1n) is 7.72. The van der Waals surface area contributed by atoms with Crippen molar-refractivity contribution < 1.29 is 9.47 Å². The molecule has 2 unspecified atom stereocenters. The molecule has 0 radical (unpaired) electrons. The predicted octanol–water partition coefficient (Wildman–Crippen LogP) is 3.66. The lowest BCUT2D eigenvalue weighted by Crippen LogP contribution is -2.18. The fourth-order valence-corrected chi connectivity index (χ4v) is 3.00. The lowest BCUT2D eigenvalue weighted by molar-refractivity contribution is 0.389. The summed E-state index contributed by atoms with van der Waals surface area (Å²) in [5, 5.41) is 3.65. The molecular weight excluding hydrogens is 274 g/mol. The fourth-order valence-electron chi connectivity index (χ4n) is 3.00. The van der Waals surface area contributed by atoms with Gasteiger partial charge in [0.05, 0.1) is 14.2 Å². The van der Waals surface area contributed by atoms with E-state index in [9.17, 15) is 0 Å². The Hall–Kier alpha value is -2.00. The standard InChI is InChI=1S/C19H23NO2/c1-13-9-15(21-2)10-19(22-3)17(13)12-20-18-11-16(18)14-7-5-4-6-8-14/h4-10,16,18,20H,11-12H2,1-3H3. The normalized spacial score (nSPS) is 19.8. The van der Waals surface area contributed by atoms with Gasteiger partial charge in [0.2, 0.25) is 0 Å². The Kier molecular flexibility index (Phi) is 4.34. The topological polar surface area (TPSA) is 30.5 Å². The van der Waals surface area contributed by atoms with Gasteiger partial charge in [-0.1, -0.05) is 30.3 Å². The van der Waals surface area contributed by atoms with E-state index in [0.29, 0.717) is 12.0 Å². The average Bonchev–Trinajstić information content (AvgIpc) is 3.33. The van der Waals surface area contributed by atoms with Gasteiger partial charge in [-0.3, -0.25) is 0 Å². The molecule has 2 aromatic rings. The Morgan fingerprint density at radius 3 is 2.55 bits per heavy atom. The molecule has 1 aliphatic carbocycles. The van der Waals surface area contributed by atoms with E-state index < -0.39 is 0 Å². The van der Waals surface area contributed by atoms with Crippen molar-refractivity contribution in [1.82, 2.24) is 5.32 Å². The van der Waals surface area contributed by atoms with Crippen LogP contribution in [0, 0.1) is 6.92 Å². The minimum Gasteiger partial charge on any atom is -0.497 e. The summed E-state index contributed by atoms with van der Waals surface area (Å²) in [5.41, 5.74) is 3.83. The Morgan fingerprint density at radius 1 is 1.09 bits per heavy atom. The maximum atomic E-state index is 5.51. The maximum Gasteiger partial charge on any atom is 0.127 e. The zero-order valence-corrected chi connectivity index (χ0v) is 13.4. The van der Waals surface area contributed by atoms with Crippen LogP contribution in [0.15, 0.2) is 42.5 Å². The SMILES string of the molecule is COc1cc(C)c(CNC2CC2c2ccccc2)c(OC)c1. The molecule has 2 atom stereocenters. The lowest BCUT2D eigenvalue weighted by Gasteiger charge is -2.14. The fraction of sp³-hybridized carbons (Fsp3) is 0.368. The monoisotopic (exact) mass is 297 g/mol. The van der Waals surface area contributed by atoms with Gasteiger partial charge in [0.1, 0.15) is 11.5 Å². The number of hydrogen-bond acceptors (Lipinski definition) is 3. The first-order chi connectivity index (χ1) is 10.7. The highest BCUT2D eigenvalue weighted by molar-refractivity contribution is 5.46. The van der Waals surface area contributed by atoms with Gasteiger partial charge in [0.15, 0.2) is 0 Å². The summed E-state index contributed by atoms with van der Waals surface area (Å²) in [4.78, 5) is 0. The van der Waals surface area contributed by atoms with Gasteiger partial charge >= 0.3 is 0 Å². The highest BCUT2D eigenvalue weighted by Crippen LogP contribution is 2.41. The largest absolute Gasteiger partial charge is 0.497 e. The minimum atomic E-state index is 0.564. The Morgan fingerprint density at radius 2 is 1.86 bits per heavy atom. The van der Waals surface area contributed by atoms with E-state index in [-0.39, 0.29) is 0 Å². The van der Waals surface area contributed by atoms with Crippen LogP contribution < -0.4 is 14.8 Å². The van der Waals surface area contributed by atoms with Gasteiger partial charge in [-0.25, -0.2) is 0 Å². The molecule has 3 rings (SSSR count). The first-order valence-corrected chi connectivity index (χ1v) is 7.72. The van der Waals surface area contributed by atoms with Gasteiger partial charge < -0.3 is 14.8 Å². The van der Waals surface area contributed by atoms with Crippen molar-refractivity contribution in [2.24, 2.45) is 0 Å². The van der Waals surface area contributed by atoms with Crippen molar-refractivity contribution >= 4 is 0 Å². The molecule has 1 N–H and O–H groups in total. The van der Waals surface area contributed by atoms with Gasteiger partial charge in [0.25, 0.3) is 0 Å². The third kappa shape index (κ3) is 3.09. The third-order valence-electron chi connectivity index (χ3n) is 4.42. The van der Waals surface area contributed by atoms with Crippen LogP contribution in [0.3, 0.4) is 0 Å². The Balaban J connectivity index is 1.65. The third-order valence-corrected chi connectivity index (χ3v) is 4.42. The predicted molar refractivity (Wildman–Crippen MR) is 88.7 cm³/mol. The number of rotatable bonds is 6. The van der Waals surface area contributed by atoms with Crippen LogP contribution >= 0.6 is 0 Å². The molecular formula is C19H23NO2. The summed E-state index contributed by atoms with van der Waals surface area (Å²) < 4.78 is 10.8. The number of ether oxygens (including phenoxy) is 2. The number of hydrogen-bond donors (Lipinski definition) is 1. The molecule has 0 aromatic heterocycles. The van der Waals surface area contributed by atoms with Gasteiger partial charge in [-0.2, -0.15) is 0 Å². The minimum absolute atomic E-state index is 0.564. The molecule has 1 aliphatic rings. The maximum absolute atomic E-state index is 5.51. The Labute approximate surface area is 132 Å². The average molecular weight is 297 g/mol. The molecule has 1 fully saturated rings. The molecule has 0 bridgehead atoms. The van der Waals surface area contributed by atoms with Crippen molar-refractivity contribution in [1.29, 1.82) is 0 Å². The van der Waals surface area contributed by atoms with Crippen LogP contribution in [0.4, 0.5) is 0 Å². The molecule has 3 nitrogen and oxygen atoms in total. The number of nitrogens with one attached hydrogen (secondary N) is 1. The second-order valence-electron chi connectivity index (χ2n) is 5.87. The lowest BCUT2D eigenvalue weighted by atomic mass is 10.1. The zero-order chi connectivity index (χ0) is 15.5. The molecule has 0 spiro atoms. The molecule has 116 valence electrons.